The van der Waals surface area contributed by atoms with Gasteiger partial charge in [0, 0.05) is 6.42 Å². The maximum absolute atomic E-state index is 5.81. The molecule has 2 bridgehead atoms. The van der Waals surface area contributed by atoms with Gasteiger partial charge >= 0.3 is 0 Å². The van der Waals surface area contributed by atoms with Gasteiger partial charge in [-0.2, -0.15) is 0 Å². The Labute approximate surface area is 109 Å². The molecule has 4 nitrogen and oxygen atoms in total. The molecule has 4 atom stereocenters. The standard InChI is InChI=1S/C14H23N3O/c1-3-12(15-2)14-17-16-13(18-14)8-11-7-9-4-5-10(11)6-9/h9-12,15H,3-8H2,1-2H3. The molecule has 1 aromatic heterocycles. The zero-order valence-electron chi connectivity index (χ0n) is 11.4. The van der Waals surface area contributed by atoms with Crippen molar-refractivity contribution in [1.82, 2.24) is 15.5 Å². The van der Waals surface area contributed by atoms with Crippen molar-refractivity contribution in [1.29, 1.82) is 0 Å². The summed E-state index contributed by atoms with van der Waals surface area (Å²) < 4.78 is 5.81. The molecule has 2 aliphatic carbocycles. The predicted molar refractivity (Wildman–Crippen MR) is 69.0 cm³/mol. The van der Waals surface area contributed by atoms with E-state index in [9.17, 15) is 0 Å². The van der Waals surface area contributed by atoms with Crippen LogP contribution in [0.5, 0.6) is 0 Å². The van der Waals surface area contributed by atoms with Crippen molar-refractivity contribution in [3.8, 4) is 0 Å². The third-order valence-electron chi connectivity index (χ3n) is 4.86. The molecule has 0 aliphatic heterocycles. The van der Waals surface area contributed by atoms with E-state index in [1.807, 2.05) is 7.05 Å². The summed E-state index contributed by atoms with van der Waals surface area (Å²) in [4.78, 5) is 0. The van der Waals surface area contributed by atoms with Crippen molar-refractivity contribution in [2.75, 3.05) is 7.05 Å². The van der Waals surface area contributed by atoms with E-state index in [1.54, 1.807) is 0 Å². The highest BCUT2D eigenvalue weighted by Crippen LogP contribution is 2.49. The summed E-state index contributed by atoms with van der Waals surface area (Å²) in [5.41, 5.74) is 0. The molecular formula is C14H23N3O. The molecule has 2 fully saturated rings. The van der Waals surface area contributed by atoms with Gasteiger partial charge in [0.15, 0.2) is 0 Å². The van der Waals surface area contributed by atoms with Gasteiger partial charge in [0.2, 0.25) is 11.8 Å². The van der Waals surface area contributed by atoms with Crippen molar-refractivity contribution in [3.05, 3.63) is 11.8 Å². The van der Waals surface area contributed by atoms with Gasteiger partial charge in [-0.05, 0) is 50.5 Å². The summed E-state index contributed by atoms with van der Waals surface area (Å²) in [5, 5.41) is 11.6. The Kier molecular flexibility index (Phi) is 3.37. The number of nitrogens with zero attached hydrogens (tertiary/aromatic N) is 2. The number of hydrogen-bond acceptors (Lipinski definition) is 4. The molecule has 0 radical (unpaired) electrons. The first-order valence-corrected chi connectivity index (χ1v) is 7.29. The largest absolute Gasteiger partial charge is 0.424 e. The third kappa shape index (κ3) is 2.18. The topological polar surface area (TPSA) is 51.0 Å². The van der Waals surface area contributed by atoms with Crippen LogP contribution >= 0.6 is 0 Å². The van der Waals surface area contributed by atoms with Crippen LogP contribution in [0.3, 0.4) is 0 Å². The van der Waals surface area contributed by atoms with Crippen LogP contribution in [0, 0.1) is 17.8 Å². The average Bonchev–Trinajstić information content (AvgIpc) is 3.07. The lowest BCUT2D eigenvalue weighted by molar-refractivity contribution is 0.298. The third-order valence-corrected chi connectivity index (χ3v) is 4.86. The molecule has 1 aromatic rings. The SMILES string of the molecule is CCC(NC)c1nnc(CC2CC3CCC2C3)o1. The number of rotatable bonds is 5. The summed E-state index contributed by atoms with van der Waals surface area (Å²) >= 11 is 0. The van der Waals surface area contributed by atoms with Crippen LogP contribution < -0.4 is 5.32 Å². The minimum absolute atomic E-state index is 0.200. The van der Waals surface area contributed by atoms with E-state index >= 15 is 0 Å². The molecule has 1 heterocycles. The molecular weight excluding hydrogens is 226 g/mol. The van der Waals surface area contributed by atoms with E-state index in [0.717, 1.165) is 42.4 Å². The van der Waals surface area contributed by atoms with Crippen LogP contribution in [0.25, 0.3) is 0 Å². The first-order chi connectivity index (χ1) is 8.80. The fourth-order valence-electron chi connectivity index (χ4n) is 3.84. The van der Waals surface area contributed by atoms with E-state index in [0.29, 0.717) is 0 Å². The van der Waals surface area contributed by atoms with Gasteiger partial charge in [0.25, 0.3) is 0 Å². The highest BCUT2D eigenvalue weighted by atomic mass is 16.4. The first kappa shape index (κ1) is 12.2. The van der Waals surface area contributed by atoms with Gasteiger partial charge < -0.3 is 9.73 Å². The Balaban J connectivity index is 1.63. The fraction of sp³-hybridized carbons (Fsp3) is 0.857. The summed E-state index contributed by atoms with van der Waals surface area (Å²) in [5.74, 6) is 4.31. The molecule has 1 N–H and O–H groups in total. The van der Waals surface area contributed by atoms with Crippen LogP contribution in [0.1, 0.15) is 56.9 Å². The maximum atomic E-state index is 5.81. The predicted octanol–water partition coefficient (Wildman–Crippen LogP) is 2.72. The molecule has 18 heavy (non-hydrogen) atoms. The smallest absolute Gasteiger partial charge is 0.233 e. The summed E-state index contributed by atoms with van der Waals surface area (Å²) in [6.07, 6.45) is 7.67. The minimum atomic E-state index is 0.200. The summed E-state index contributed by atoms with van der Waals surface area (Å²) in [6, 6.07) is 0.200. The van der Waals surface area contributed by atoms with Crippen molar-refractivity contribution >= 4 is 0 Å². The molecule has 0 saturated heterocycles. The average molecular weight is 249 g/mol. The van der Waals surface area contributed by atoms with Gasteiger partial charge in [-0.25, -0.2) is 0 Å². The Hall–Kier alpha value is -0.900. The zero-order valence-corrected chi connectivity index (χ0v) is 11.4. The van der Waals surface area contributed by atoms with Crippen LogP contribution in [-0.2, 0) is 6.42 Å². The normalized spacial score (nSPS) is 32.0. The lowest BCUT2D eigenvalue weighted by atomic mass is 9.86. The molecule has 0 amide bonds. The van der Waals surface area contributed by atoms with Gasteiger partial charge in [-0.15, -0.1) is 10.2 Å². The van der Waals surface area contributed by atoms with Gasteiger partial charge in [-0.1, -0.05) is 13.3 Å². The van der Waals surface area contributed by atoms with Crippen molar-refractivity contribution < 1.29 is 4.42 Å². The highest BCUT2D eigenvalue weighted by molar-refractivity contribution is 4.96. The molecule has 4 heteroatoms. The lowest BCUT2D eigenvalue weighted by Gasteiger charge is -2.19. The monoisotopic (exact) mass is 249 g/mol. The van der Waals surface area contributed by atoms with Crippen molar-refractivity contribution in [3.63, 3.8) is 0 Å². The van der Waals surface area contributed by atoms with E-state index in [1.165, 1.54) is 25.7 Å². The summed E-state index contributed by atoms with van der Waals surface area (Å²) in [6.45, 7) is 2.13. The van der Waals surface area contributed by atoms with Crippen LogP contribution in [0.15, 0.2) is 4.42 Å². The van der Waals surface area contributed by atoms with Crippen LogP contribution in [0.4, 0.5) is 0 Å². The Morgan fingerprint density at radius 3 is 2.83 bits per heavy atom. The van der Waals surface area contributed by atoms with Crippen LogP contribution in [-0.4, -0.2) is 17.2 Å². The molecule has 0 aromatic carbocycles. The van der Waals surface area contributed by atoms with Gasteiger partial charge in [0.05, 0.1) is 6.04 Å². The second kappa shape index (κ2) is 5.00. The Bertz CT molecular complexity index is 399. The number of aromatic nitrogens is 2. The summed E-state index contributed by atoms with van der Waals surface area (Å²) in [7, 11) is 1.94. The van der Waals surface area contributed by atoms with Crippen molar-refractivity contribution in [2.45, 2.75) is 51.5 Å². The van der Waals surface area contributed by atoms with Gasteiger partial charge in [0.1, 0.15) is 0 Å². The Morgan fingerprint density at radius 2 is 2.22 bits per heavy atom. The molecule has 100 valence electrons. The van der Waals surface area contributed by atoms with E-state index in [2.05, 4.69) is 22.4 Å². The lowest BCUT2D eigenvalue weighted by Crippen LogP contribution is -2.15. The van der Waals surface area contributed by atoms with Crippen LogP contribution in [0.2, 0.25) is 0 Å². The quantitative estimate of drug-likeness (QED) is 0.871. The molecule has 0 spiro atoms. The number of hydrogen-bond donors (Lipinski definition) is 1. The molecule has 3 rings (SSSR count). The zero-order chi connectivity index (χ0) is 12.5. The van der Waals surface area contributed by atoms with E-state index in [-0.39, 0.29) is 6.04 Å². The highest BCUT2D eigenvalue weighted by Gasteiger charge is 2.40. The minimum Gasteiger partial charge on any atom is -0.424 e. The maximum Gasteiger partial charge on any atom is 0.233 e. The second-order valence-corrected chi connectivity index (χ2v) is 5.92. The first-order valence-electron chi connectivity index (χ1n) is 7.29. The van der Waals surface area contributed by atoms with E-state index in [4.69, 9.17) is 4.42 Å². The van der Waals surface area contributed by atoms with E-state index < -0.39 is 0 Å². The fourth-order valence-corrected chi connectivity index (χ4v) is 3.84. The van der Waals surface area contributed by atoms with Crippen molar-refractivity contribution in [2.24, 2.45) is 17.8 Å². The molecule has 4 unspecified atom stereocenters. The number of nitrogens with one attached hydrogen (secondary N) is 1. The second-order valence-electron chi connectivity index (χ2n) is 5.92. The molecule has 2 aliphatic rings. The van der Waals surface area contributed by atoms with Gasteiger partial charge in [-0.3, -0.25) is 0 Å². The molecule has 2 saturated carbocycles. The Morgan fingerprint density at radius 1 is 1.33 bits per heavy atom. The number of fused-ring (bicyclic) bond motifs is 2.